The summed E-state index contributed by atoms with van der Waals surface area (Å²) in [5, 5.41) is 25.2. The van der Waals surface area contributed by atoms with Gasteiger partial charge in [-0.15, -0.1) is 11.3 Å². The molecule has 19 heteroatoms. The molecule has 6 N–H and O–H groups in total. The van der Waals surface area contributed by atoms with Gasteiger partial charge in [0.15, 0.2) is 5.65 Å². The fourth-order valence-corrected chi connectivity index (χ4v) is 8.32. The van der Waals surface area contributed by atoms with Crippen LogP contribution in [0.15, 0.2) is 54.2 Å². The first-order chi connectivity index (χ1) is 30.9. The van der Waals surface area contributed by atoms with Crippen molar-refractivity contribution < 1.29 is 38.1 Å². The van der Waals surface area contributed by atoms with Gasteiger partial charge in [-0.2, -0.15) is 4.98 Å². The van der Waals surface area contributed by atoms with Crippen LogP contribution in [0.1, 0.15) is 62.7 Å². The Labute approximate surface area is 381 Å². The van der Waals surface area contributed by atoms with Gasteiger partial charge in [0.25, 0.3) is 0 Å². The Kier molecular flexibility index (Phi) is 15.8. The molecule has 5 amide bonds. The maximum absolute atomic E-state index is 15.0. The molecule has 2 aromatic carbocycles. The number of anilines is 2. The number of amides is 5. The van der Waals surface area contributed by atoms with Gasteiger partial charge in [-0.1, -0.05) is 45.0 Å². The Balaban J connectivity index is 0.924. The molecule has 0 spiro atoms. The van der Waals surface area contributed by atoms with Crippen LogP contribution in [-0.2, 0) is 23.9 Å². The molecule has 4 heterocycles. The molecule has 0 bridgehead atoms. The number of ether oxygens (including phenoxy) is 2. The van der Waals surface area contributed by atoms with E-state index >= 15 is 0 Å². The summed E-state index contributed by atoms with van der Waals surface area (Å²) in [6, 6.07) is 9.70. The number of aryl methyl sites for hydroxylation is 3. The summed E-state index contributed by atoms with van der Waals surface area (Å²) < 4.78 is 26.0. The van der Waals surface area contributed by atoms with Gasteiger partial charge >= 0.3 is 6.03 Å². The fraction of sp³-hybridized carbons (Fsp3) is 0.435. The first-order valence-corrected chi connectivity index (χ1v) is 22.2. The molecule has 1 fully saturated rings. The van der Waals surface area contributed by atoms with Crippen LogP contribution >= 0.6 is 11.3 Å². The predicted molar refractivity (Wildman–Crippen MR) is 247 cm³/mol. The van der Waals surface area contributed by atoms with E-state index in [1.807, 2.05) is 51.1 Å². The molecule has 1 aliphatic rings. The number of aliphatic hydroxyl groups is 1. The highest BCUT2D eigenvalue weighted by atomic mass is 32.1. The number of fused-ring (bicyclic) bond motifs is 1. The zero-order valence-electron chi connectivity index (χ0n) is 37.9. The Morgan fingerprint density at radius 3 is 2.38 bits per heavy atom. The lowest BCUT2D eigenvalue weighted by Crippen LogP contribution is -2.58. The van der Waals surface area contributed by atoms with Gasteiger partial charge in [-0.3, -0.25) is 14.4 Å². The third-order valence-electron chi connectivity index (χ3n) is 11.0. The van der Waals surface area contributed by atoms with E-state index < -0.39 is 53.2 Å². The van der Waals surface area contributed by atoms with E-state index in [2.05, 4.69) is 46.5 Å². The summed E-state index contributed by atoms with van der Waals surface area (Å²) in [7, 11) is 1.72. The van der Waals surface area contributed by atoms with E-state index in [4.69, 9.17) is 9.47 Å². The zero-order valence-corrected chi connectivity index (χ0v) is 38.7. The van der Waals surface area contributed by atoms with Gasteiger partial charge in [-0.25, -0.2) is 24.1 Å². The van der Waals surface area contributed by atoms with Crippen LogP contribution in [0.3, 0.4) is 0 Å². The summed E-state index contributed by atoms with van der Waals surface area (Å²) in [5.41, 5.74) is 7.20. The van der Waals surface area contributed by atoms with Gasteiger partial charge in [0.2, 0.25) is 23.7 Å². The lowest BCUT2D eigenvalue weighted by Gasteiger charge is -2.35. The first kappa shape index (κ1) is 48.3. The van der Waals surface area contributed by atoms with Crippen molar-refractivity contribution >= 4 is 57.8 Å². The number of likely N-dealkylation sites (tertiary alicyclic amines) is 1. The Bertz CT molecular complexity index is 2510. The van der Waals surface area contributed by atoms with Gasteiger partial charge in [0.05, 0.1) is 53.7 Å². The SMILES string of the molecule is CNc1ncc2cc(-c3cc(NC(=O)NCCOCCOCC(=O)NC(C(=O)N4C[C@H](O)C[C@H]4C(=O)NC(C)c4ccc(-c5scnc5C)cc4)C(C)(C)C)c(F)cc3C)c(C)nc2n1. The number of pyridine rings is 1. The summed E-state index contributed by atoms with van der Waals surface area (Å²) in [6.45, 7) is 12.8. The fourth-order valence-electron chi connectivity index (χ4n) is 7.51. The molecule has 5 aromatic rings. The summed E-state index contributed by atoms with van der Waals surface area (Å²) in [5.74, 6) is -1.58. The highest BCUT2D eigenvalue weighted by Gasteiger charge is 2.44. The molecule has 4 atom stereocenters. The van der Waals surface area contributed by atoms with Crippen molar-refractivity contribution in [3.63, 3.8) is 0 Å². The van der Waals surface area contributed by atoms with Crippen molar-refractivity contribution in [1.29, 1.82) is 0 Å². The van der Waals surface area contributed by atoms with E-state index in [1.165, 1.54) is 11.0 Å². The number of aliphatic hydroxyl groups excluding tert-OH is 1. The molecule has 0 saturated carbocycles. The van der Waals surface area contributed by atoms with Crippen LogP contribution in [0.25, 0.3) is 32.6 Å². The van der Waals surface area contributed by atoms with E-state index in [0.29, 0.717) is 33.8 Å². The maximum atomic E-state index is 15.0. The van der Waals surface area contributed by atoms with Crippen molar-refractivity contribution in [2.45, 2.75) is 79.1 Å². The number of halogens is 1. The van der Waals surface area contributed by atoms with Crippen LogP contribution < -0.4 is 26.6 Å². The molecule has 6 rings (SSSR count). The Morgan fingerprint density at radius 1 is 0.954 bits per heavy atom. The summed E-state index contributed by atoms with van der Waals surface area (Å²) in [4.78, 5) is 73.4. The van der Waals surface area contributed by atoms with Crippen LogP contribution in [0, 0.1) is 32.0 Å². The third kappa shape index (κ3) is 12.2. The number of carbonyl (C=O) groups is 4. The maximum Gasteiger partial charge on any atom is 0.319 e. The molecule has 17 nitrogen and oxygen atoms in total. The number of nitrogens with one attached hydrogen (secondary N) is 5. The molecule has 2 unspecified atom stereocenters. The van der Waals surface area contributed by atoms with Gasteiger partial charge in [0.1, 0.15) is 24.5 Å². The largest absolute Gasteiger partial charge is 0.391 e. The number of hydrogen-bond acceptors (Lipinski definition) is 13. The second kappa shape index (κ2) is 21.2. The van der Waals surface area contributed by atoms with Crippen LogP contribution in [0.2, 0.25) is 0 Å². The molecule has 65 heavy (non-hydrogen) atoms. The van der Waals surface area contributed by atoms with Crippen molar-refractivity contribution in [2.24, 2.45) is 5.41 Å². The van der Waals surface area contributed by atoms with E-state index in [9.17, 15) is 28.7 Å². The average molecular weight is 913 g/mol. The smallest absolute Gasteiger partial charge is 0.319 e. The molecule has 346 valence electrons. The normalized spacial score (nSPS) is 15.9. The van der Waals surface area contributed by atoms with Crippen LogP contribution in [0.5, 0.6) is 0 Å². The second-order valence-electron chi connectivity index (χ2n) is 17.1. The van der Waals surface area contributed by atoms with E-state index in [1.54, 1.807) is 63.9 Å². The monoisotopic (exact) mass is 912 g/mol. The number of urea groups is 1. The number of β-amino-alcohol motifs (C(OH)–C–C–N with tert-alkyl or cyclic N) is 1. The van der Waals surface area contributed by atoms with Crippen molar-refractivity contribution in [1.82, 2.24) is 40.8 Å². The number of nitrogens with zero attached hydrogens (tertiary/aromatic N) is 5. The predicted octanol–water partition coefficient (Wildman–Crippen LogP) is 5.45. The second-order valence-corrected chi connectivity index (χ2v) is 17.9. The van der Waals surface area contributed by atoms with Crippen molar-refractivity contribution in [3.8, 4) is 21.6 Å². The first-order valence-electron chi connectivity index (χ1n) is 21.3. The minimum Gasteiger partial charge on any atom is -0.391 e. The van der Waals surface area contributed by atoms with Gasteiger partial charge in [0, 0.05) is 49.4 Å². The minimum absolute atomic E-state index is 0.0124. The number of rotatable bonds is 17. The number of aromatic nitrogens is 4. The van der Waals surface area contributed by atoms with E-state index in [0.717, 1.165) is 27.3 Å². The minimum atomic E-state index is -1.02. The Hall–Kier alpha value is -6.15. The highest BCUT2D eigenvalue weighted by Crippen LogP contribution is 2.33. The molecule has 0 aliphatic carbocycles. The van der Waals surface area contributed by atoms with Crippen LogP contribution in [0.4, 0.5) is 20.8 Å². The quantitative estimate of drug-likeness (QED) is 0.0642. The van der Waals surface area contributed by atoms with Gasteiger partial charge < -0.3 is 46.1 Å². The topological polar surface area (TPSA) is 222 Å². The number of thiazole rings is 1. The molecule has 1 aliphatic heterocycles. The van der Waals surface area contributed by atoms with Crippen molar-refractivity contribution in [3.05, 3.63) is 82.5 Å². The average Bonchev–Trinajstić information content (AvgIpc) is 3.88. The lowest BCUT2D eigenvalue weighted by molar-refractivity contribution is -0.144. The highest BCUT2D eigenvalue weighted by molar-refractivity contribution is 7.13. The zero-order chi connectivity index (χ0) is 47.0. The summed E-state index contributed by atoms with van der Waals surface area (Å²) in [6.07, 6.45) is 0.813. The molecular formula is C46H57FN10O7S. The molecule has 0 radical (unpaired) electrons. The van der Waals surface area contributed by atoms with Crippen molar-refractivity contribution in [2.75, 3.05) is 57.2 Å². The Morgan fingerprint density at radius 2 is 1.69 bits per heavy atom. The lowest BCUT2D eigenvalue weighted by atomic mass is 9.85. The molecular weight excluding hydrogens is 856 g/mol. The standard InChI is InChI=1S/C46H57FN10O7S/c1-25-17-35(47)36(20-33(25)34-18-31-21-50-44(48-8)56-41(31)52-27(34)3)54-45(62)49-13-14-63-15-16-64-23-38(59)55-40(46(5,6)7)43(61)57-22-32(58)19-37(57)42(60)53-26(2)29-9-11-30(12-10-29)39-28(4)51-24-65-39/h9-12,17-18,20-21,24,26,32,37,40,58H,13-16,19,22-23H2,1-8H3,(H,53,60)(H,55,59)(H2,49,54,62)(H,48,50,52,56)/t26?,32-,37+,40?/m1/s1. The van der Waals surface area contributed by atoms with Gasteiger partial charge in [-0.05, 0) is 73.6 Å². The molecule has 1 saturated heterocycles. The number of carbonyl (C=O) groups excluding carboxylic acids is 4. The van der Waals surface area contributed by atoms with Crippen LogP contribution in [-0.4, -0.2) is 118 Å². The molecule has 3 aromatic heterocycles. The number of benzene rings is 2. The number of hydrogen-bond donors (Lipinski definition) is 6. The summed E-state index contributed by atoms with van der Waals surface area (Å²) >= 11 is 1.56. The third-order valence-corrected chi connectivity index (χ3v) is 12.0. The van der Waals surface area contributed by atoms with E-state index in [-0.39, 0.29) is 57.7 Å².